The molecule has 0 saturated heterocycles. The van der Waals surface area contributed by atoms with E-state index < -0.39 is 0 Å². The number of fused-ring (bicyclic) bond motifs is 1. The monoisotopic (exact) mass is 163 g/mol. The quantitative estimate of drug-likeness (QED) is 0.582. The van der Waals surface area contributed by atoms with Crippen molar-refractivity contribution in [3.8, 4) is 0 Å². The molecule has 11 heavy (non-hydrogen) atoms. The van der Waals surface area contributed by atoms with Gasteiger partial charge in [0.25, 0.3) is 0 Å². The highest BCUT2D eigenvalue weighted by Crippen LogP contribution is 2.24. The maximum atomic E-state index is 4.28. The van der Waals surface area contributed by atoms with E-state index in [2.05, 4.69) is 31.0 Å². The van der Waals surface area contributed by atoms with Crippen molar-refractivity contribution in [3.63, 3.8) is 0 Å². The highest BCUT2D eigenvalue weighted by atomic mass is 32.1. The fraction of sp³-hybridized carbons (Fsp3) is 0.222. The first-order valence-electron chi connectivity index (χ1n) is 3.59. The van der Waals surface area contributed by atoms with Crippen LogP contribution in [0.2, 0.25) is 0 Å². The molecule has 2 aromatic heterocycles. The third kappa shape index (κ3) is 1.03. The Kier molecular flexibility index (Phi) is 1.43. The van der Waals surface area contributed by atoms with Crippen molar-refractivity contribution < 1.29 is 0 Å². The van der Waals surface area contributed by atoms with E-state index in [-0.39, 0.29) is 0 Å². The summed E-state index contributed by atoms with van der Waals surface area (Å²) in [6.45, 7) is 4.24. The molecule has 2 heteroatoms. The second-order valence-corrected chi connectivity index (χ2v) is 3.94. The van der Waals surface area contributed by atoms with Crippen molar-refractivity contribution in [3.05, 3.63) is 28.8 Å². The highest BCUT2D eigenvalue weighted by Gasteiger charge is 2.00. The predicted octanol–water partition coefficient (Wildman–Crippen LogP) is 2.91. The number of aromatic nitrogens is 1. The van der Waals surface area contributed by atoms with Gasteiger partial charge in [-0.3, -0.25) is 0 Å². The Morgan fingerprint density at radius 3 is 2.91 bits per heavy atom. The molecule has 0 N–H and O–H groups in total. The SMILES string of the molecule is Cc1cc2c(C)ccnc2s1. The van der Waals surface area contributed by atoms with Gasteiger partial charge in [0, 0.05) is 16.5 Å². The normalized spacial score (nSPS) is 10.7. The van der Waals surface area contributed by atoms with Crippen LogP contribution in [0.25, 0.3) is 10.2 Å². The zero-order valence-corrected chi connectivity index (χ0v) is 7.40. The van der Waals surface area contributed by atoms with E-state index in [9.17, 15) is 0 Å². The summed E-state index contributed by atoms with van der Waals surface area (Å²) in [5.41, 5.74) is 1.32. The lowest BCUT2D eigenvalue weighted by atomic mass is 10.2. The van der Waals surface area contributed by atoms with E-state index in [0.29, 0.717) is 0 Å². The topological polar surface area (TPSA) is 12.9 Å². The van der Waals surface area contributed by atoms with Crippen LogP contribution in [0.3, 0.4) is 0 Å². The lowest BCUT2D eigenvalue weighted by Crippen LogP contribution is -1.74. The molecule has 56 valence electrons. The first kappa shape index (κ1) is 6.80. The third-order valence-corrected chi connectivity index (χ3v) is 2.74. The Labute approximate surface area is 69.7 Å². The molecule has 2 aromatic rings. The van der Waals surface area contributed by atoms with Crippen LogP contribution >= 0.6 is 11.3 Å². The van der Waals surface area contributed by atoms with Gasteiger partial charge >= 0.3 is 0 Å². The lowest BCUT2D eigenvalue weighted by Gasteiger charge is -1.90. The van der Waals surface area contributed by atoms with Gasteiger partial charge in [0.05, 0.1) is 0 Å². The molecule has 0 bridgehead atoms. The number of thiophene rings is 1. The van der Waals surface area contributed by atoms with E-state index in [4.69, 9.17) is 0 Å². The molecule has 0 radical (unpaired) electrons. The van der Waals surface area contributed by atoms with Gasteiger partial charge in [-0.15, -0.1) is 11.3 Å². The maximum Gasteiger partial charge on any atom is 0.123 e. The Balaban J connectivity index is 2.90. The number of aryl methyl sites for hydroxylation is 2. The maximum absolute atomic E-state index is 4.28. The van der Waals surface area contributed by atoms with Crippen LogP contribution in [0.15, 0.2) is 18.3 Å². The molecule has 0 saturated carbocycles. The van der Waals surface area contributed by atoms with E-state index in [1.165, 1.54) is 15.8 Å². The zero-order valence-electron chi connectivity index (χ0n) is 6.59. The predicted molar refractivity (Wildman–Crippen MR) is 49.1 cm³/mol. The summed E-state index contributed by atoms with van der Waals surface area (Å²) in [6, 6.07) is 4.25. The van der Waals surface area contributed by atoms with Crippen molar-refractivity contribution in [2.45, 2.75) is 13.8 Å². The molecule has 0 spiro atoms. The fourth-order valence-corrected chi connectivity index (χ4v) is 2.11. The molecule has 0 aliphatic carbocycles. The second-order valence-electron chi connectivity index (χ2n) is 2.70. The molecule has 0 fully saturated rings. The van der Waals surface area contributed by atoms with Gasteiger partial charge < -0.3 is 0 Å². The van der Waals surface area contributed by atoms with Crippen molar-refractivity contribution in [1.29, 1.82) is 0 Å². The average Bonchev–Trinajstić information content (AvgIpc) is 2.31. The van der Waals surface area contributed by atoms with Gasteiger partial charge in [0.2, 0.25) is 0 Å². The van der Waals surface area contributed by atoms with E-state index in [1.807, 2.05) is 6.20 Å². The summed E-state index contributed by atoms with van der Waals surface area (Å²) in [7, 11) is 0. The number of rotatable bonds is 0. The van der Waals surface area contributed by atoms with Crippen molar-refractivity contribution in [1.82, 2.24) is 4.98 Å². The smallest absolute Gasteiger partial charge is 0.123 e. The molecule has 0 aliphatic heterocycles. The minimum Gasteiger partial charge on any atom is -0.245 e. The third-order valence-electron chi connectivity index (χ3n) is 1.78. The largest absolute Gasteiger partial charge is 0.245 e. The summed E-state index contributed by atoms with van der Waals surface area (Å²) in [6.07, 6.45) is 1.87. The summed E-state index contributed by atoms with van der Waals surface area (Å²) < 4.78 is 0. The van der Waals surface area contributed by atoms with Crippen LogP contribution in [-0.2, 0) is 0 Å². The summed E-state index contributed by atoms with van der Waals surface area (Å²) in [5, 5.41) is 1.30. The van der Waals surface area contributed by atoms with Gasteiger partial charge in [-0.1, -0.05) is 0 Å². The number of nitrogens with zero attached hydrogens (tertiary/aromatic N) is 1. The van der Waals surface area contributed by atoms with Crippen LogP contribution in [0, 0.1) is 13.8 Å². The molecule has 2 rings (SSSR count). The van der Waals surface area contributed by atoms with Crippen molar-refractivity contribution in [2.24, 2.45) is 0 Å². The first-order valence-corrected chi connectivity index (χ1v) is 4.41. The van der Waals surface area contributed by atoms with Crippen molar-refractivity contribution in [2.75, 3.05) is 0 Å². The minimum absolute atomic E-state index is 1.16. The standard InChI is InChI=1S/C9H9NS/c1-6-3-4-10-9-8(6)5-7(2)11-9/h3-5H,1-2H3. The summed E-state index contributed by atoms with van der Waals surface area (Å²) in [4.78, 5) is 6.77. The Morgan fingerprint density at radius 2 is 2.18 bits per heavy atom. The summed E-state index contributed by atoms with van der Waals surface area (Å²) in [5.74, 6) is 0. The molecular weight excluding hydrogens is 154 g/mol. The van der Waals surface area contributed by atoms with Crippen LogP contribution in [-0.4, -0.2) is 4.98 Å². The average molecular weight is 163 g/mol. The number of hydrogen-bond donors (Lipinski definition) is 0. The number of hydrogen-bond acceptors (Lipinski definition) is 2. The van der Waals surface area contributed by atoms with Gasteiger partial charge in [0.15, 0.2) is 0 Å². The van der Waals surface area contributed by atoms with Gasteiger partial charge in [-0.05, 0) is 31.5 Å². The molecule has 0 atom stereocenters. The first-order chi connectivity index (χ1) is 5.27. The molecule has 0 aliphatic rings. The lowest BCUT2D eigenvalue weighted by molar-refractivity contribution is 1.40. The minimum atomic E-state index is 1.16. The van der Waals surface area contributed by atoms with Crippen LogP contribution in [0.1, 0.15) is 10.4 Å². The molecule has 0 amide bonds. The molecule has 2 heterocycles. The van der Waals surface area contributed by atoms with Gasteiger partial charge in [0.1, 0.15) is 4.83 Å². The fourth-order valence-electron chi connectivity index (χ4n) is 1.19. The van der Waals surface area contributed by atoms with Crippen LogP contribution in [0.5, 0.6) is 0 Å². The molecular formula is C9H9NS. The molecule has 1 nitrogen and oxygen atoms in total. The van der Waals surface area contributed by atoms with Gasteiger partial charge in [-0.2, -0.15) is 0 Å². The summed E-state index contributed by atoms with van der Waals surface area (Å²) >= 11 is 1.76. The Morgan fingerprint density at radius 1 is 1.36 bits per heavy atom. The second kappa shape index (κ2) is 2.31. The van der Waals surface area contributed by atoms with E-state index >= 15 is 0 Å². The zero-order chi connectivity index (χ0) is 7.84. The Bertz CT molecular complexity index is 389. The molecule has 0 aromatic carbocycles. The highest BCUT2D eigenvalue weighted by molar-refractivity contribution is 7.18. The van der Waals surface area contributed by atoms with E-state index in [1.54, 1.807) is 11.3 Å². The van der Waals surface area contributed by atoms with Crippen LogP contribution < -0.4 is 0 Å². The van der Waals surface area contributed by atoms with Gasteiger partial charge in [-0.25, -0.2) is 4.98 Å². The Hall–Kier alpha value is -0.890. The number of pyridine rings is 1. The molecule has 0 unspecified atom stereocenters. The van der Waals surface area contributed by atoms with Crippen LogP contribution in [0.4, 0.5) is 0 Å². The van der Waals surface area contributed by atoms with Crippen molar-refractivity contribution >= 4 is 21.6 Å². The van der Waals surface area contributed by atoms with E-state index in [0.717, 1.165) is 4.83 Å².